The summed E-state index contributed by atoms with van der Waals surface area (Å²) in [4.78, 5) is 2.61. The third kappa shape index (κ3) is 3.98. The fraction of sp³-hybridized carbons (Fsp3) is 0.667. The van der Waals surface area contributed by atoms with Crippen LogP contribution < -0.4 is 10.1 Å². The molecule has 0 radical (unpaired) electrons. The number of nitrogens with zero attached hydrogens (tertiary/aromatic N) is 1. The molecule has 3 atom stereocenters. The lowest BCUT2D eigenvalue weighted by Gasteiger charge is -2.41. The number of nitrogens with one attached hydrogen (secondary N) is 1. The van der Waals surface area contributed by atoms with E-state index in [2.05, 4.69) is 49.2 Å². The van der Waals surface area contributed by atoms with Crippen molar-refractivity contribution in [3.8, 4) is 5.75 Å². The molecule has 3 unspecified atom stereocenters. The third-order valence-corrected chi connectivity index (χ3v) is 4.82. The van der Waals surface area contributed by atoms with Gasteiger partial charge >= 0.3 is 0 Å². The molecule has 1 aliphatic heterocycles. The first kappa shape index (κ1) is 16.3. The molecule has 0 saturated carbocycles. The predicted octanol–water partition coefficient (Wildman–Crippen LogP) is 3.28. The standard InChI is InChI=1S/C18H30N2O/c1-13-8-14(2)15(3)20(11-13)12-17-9-16(10-19-4)6-7-18(17)21-5/h6-7,9,13-15,19H,8,10-12H2,1-5H3. The highest BCUT2D eigenvalue weighted by Gasteiger charge is 2.29. The summed E-state index contributed by atoms with van der Waals surface area (Å²) in [5.74, 6) is 2.55. The minimum atomic E-state index is 0.638. The molecule has 1 N–H and O–H groups in total. The van der Waals surface area contributed by atoms with Crippen molar-refractivity contribution in [2.24, 2.45) is 11.8 Å². The van der Waals surface area contributed by atoms with E-state index in [9.17, 15) is 0 Å². The minimum Gasteiger partial charge on any atom is -0.496 e. The Bertz CT molecular complexity index is 461. The first-order valence-electron chi connectivity index (χ1n) is 8.09. The fourth-order valence-electron chi connectivity index (χ4n) is 3.53. The molecule has 0 aromatic heterocycles. The largest absolute Gasteiger partial charge is 0.496 e. The lowest BCUT2D eigenvalue weighted by atomic mass is 9.85. The van der Waals surface area contributed by atoms with Crippen molar-refractivity contribution in [1.29, 1.82) is 0 Å². The Morgan fingerprint density at radius 1 is 1.29 bits per heavy atom. The summed E-state index contributed by atoms with van der Waals surface area (Å²) >= 11 is 0. The second-order valence-corrected chi connectivity index (χ2v) is 6.66. The van der Waals surface area contributed by atoms with Crippen molar-refractivity contribution in [3.63, 3.8) is 0 Å². The zero-order chi connectivity index (χ0) is 15.4. The van der Waals surface area contributed by atoms with Gasteiger partial charge in [-0.1, -0.05) is 19.9 Å². The van der Waals surface area contributed by atoms with Crippen LogP contribution in [0.15, 0.2) is 18.2 Å². The normalized spacial score (nSPS) is 26.8. The molecule has 1 aromatic rings. The average molecular weight is 290 g/mol. The fourth-order valence-corrected chi connectivity index (χ4v) is 3.53. The summed E-state index contributed by atoms with van der Waals surface area (Å²) < 4.78 is 5.56. The van der Waals surface area contributed by atoms with E-state index in [-0.39, 0.29) is 0 Å². The van der Waals surface area contributed by atoms with E-state index in [0.717, 1.165) is 30.7 Å². The molecular weight excluding hydrogens is 260 g/mol. The number of benzene rings is 1. The average Bonchev–Trinajstić information content (AvgIpc) is 2.45. The van der Waals surface area contributed by atoms with Crippen LogP contribution in [-0.2, 0) is 13.1 Å². The van der Waals surface area contributed by atoms with Crippen molar-refractivity contribution >= 4 is 0 Å². The number of methoxy groups -OCH3 is 1. The predicted molar refractivity (Wildman–Crippen MR) is 88.6 cm³/mol. The number of ether oxygens (including phenoxy) is 1. The Hall–Kier alpha value is -1.06. The summed E-state index contributed by atoms with van der Waals surface area (Å²) in [5, 5.41) is 3.22. The molecule has 3 nitrogen and oxygen atoms in total. The van der Waals surface area contributed by atoms with E-state index >= 15 is 0 Å². The first-order valence-corrected chi connectivity index (χ1v) is 8.09. The van der Waals surface area contributed by atoms with E-state index < -0.39 is 0 Å². The van der Waals surface area contributed by atoms with Crippen LogP contribution in [0.3, 0.4) is 0 Å². The molecule has 1 saturated heterocycles. The molecule has 0 amide bonds. The molecule has 1 fully saturated rings. The van der Waals surface area contributed by atoms with Gasteiger partial charge in [0.25, 0.3) is 0 Å². The lowest BCUT2D eigenvalue weighted by molar-refractivity contribution is 0.0722. The minimum absolute atomic E-state index is 0.638. The van der Waals surface area contributed by atoms with Crippen LogP contribution in [-0.4, -0.2) is 31.6 Å². The van der Waals surface area contributed by atoms with Crippen molar-refractivity contribution in [2.75, 3.05) is 20.7 Å². The van der Waals surface area contributed by atoms with Crippen molar-refractivity contribution in [3.05, 3.63) is 29.3 Å². The molecular formula is C18H30N2O. The highest BCUT2D eigenvalue weighted by Crippen LogP contribution is 2.30. The van der Waals surface area contributed by atoms with Gasteiger partial charge in [0.15, 0.2) is 0 Å². The molecule has 0 bridgehead atoms. The molecule has 118 valence electrons. The topological polar surface area (TPSA) is 24.5 Å². The summed E-state index contributed by atoms with van der Waals surface area (Å²) in [5.41, 5.74) is 2.62. The van der Waals surface area contributed by atoms with E-state index in [1.165, 1.54) is 24.1 Å². The molecule has 3 heteroatoms. The zero-order valence-electron chi connectivity index (χ0n) is 14.1. The first-order chi connectivity index (χ1) is 10.0. The highest BCUT2D eigenvalue weighted by atomic mass is 16.5. The maximum Gasteiger partial charge on any atom is 0.123 e. The number of likely N-dealkylation sites (tertiary alicyclic amines) is 1. The Morgan fingerprint density at radius 2 is 2.05 bits per heavy atom. The maximum absolute atomic E-state index is 5.56. The van der Waals surface area contributed by atoms with E-state index in [0.29, 0.717) is 6.04 Å². The number of hydrogen-bond acceptors (Lipinski definition) is 3. The molecule has 0 spiro atoms. The lowest BCUT2D eigenvalue weighted by Crippen LogP contribution is -2.45. The molecule has 2 rings (SSSR count). The highest BCUT2D eigenvalue weighted by molar-refractivity contribution is 5.37. The molecule has 1 aliphatic rings. The van der Waals surface area contributed by atoms with Crippen LogP contribution in [0.25, 0.3) is 0 Å². The van der Waals surface area contributed by atoms with Gasteiger partial charge < -0.3 is 10.1 Å². The summed E-state index contributed by atoms with van der Waals surface area (Å²) in [7, 11) is 3.75. The van der Waals surface area contributed by atoms with Crippen LogP contribution in [0, 0.1) is 11.8 Å². The molecule has 1 heterocycles. The van der Waals surface area contributed by atoms with Gasteiger partial charge in [-0.05, 0) is 49.9 Å². The molecule has 21 heavy (non-hydrogen) atoms. The van der Waals surface area contributed by atoms with Crippen LogP contribution in [0.5, 0.6) is 5.75 Å². The number of piperidine rings is 1. The second kappa shape index (κ2) is 7.28. The number of rotatable bonds is 5. The summed E-state index contributed by atoms with van der Waals surface area (Å²) in [6.07, 6.45) is 1.34. The van der Waals surface area contributed by atoms with Gasteiger partial charge in [-0.15, -0.1) is 0 Å². The van der Waals surface area contributed by atoms with Gasteiger partial charge in [-0.3, -0.25) is 4.90 Å². The van der Waals surface area contributed by atoms with Gasteiger partial charge in [0.2, 0.25) is 0 Å². The summed E-state index contributed by atoms with van der Waals surface area (Å²) in [6, 6.07) is 7.16. The Labute approximate surface area is 129 Å². The Kier molecular flexibility index (Phi) is 5.65. The maximum atomic E-state index is 5.56. The summed E-state index contributed by atoms with van der Waals surface area (Å²) in [6.45, 7) is 10.2. The van der Waals surface area contributed by atoms with Crippen molar-refractivity contribution in [2.45, 2.75) is 46.3 Å². The van der Waals surface area contributed by atoms with Crippen LogP contribution in [0.2, 0.25) is 0 Å². The van der Waals surface area contributed by atoms with Gasteiger partial charge in [-0.2, -0.15) is 0 Å². The Morgan fingerprint density at radius 3 is 2.71 bits per heavy atom. The van der Waals surface area contributed by atoms with E-state index in [1.807, 2.05) is 7.05 Å². The second-order valence-electron chi connectivity index (χ2n) is 6.66. The SMILES string of the molecule is CNCc1ccc(OC)c(CN2CC(C)CC(C)C2C)c1. The van der Waals surface area contributed by atoms with E-state index in [4.69, 9.17) is 4.74 Å². The van der Waals surface area contributed by atoms with Gasteiger partial charge in [0, 0.05) is 31.2 Å². The molecule has 0 aliphatic carbocycles. The number of hydrogen-bond donors (Lipinski definition) is 1. The quantitative estimate of drug-likeness (QED) is 0.900. The van der Waals surface area contributed by atoms with Crippen molar-refractivity contribution in [1.82, 2.24) is 10.2 Å². The van der Waals surface area contributed by atoms with E-state index in [1.54, 1.807) is 7.11 Å². The molecule has 1 aromatic carbocycles. The third-order valence-electron chi connectivity index (χ3n) is 4.82. The zero-order valence-corrected chi connectivity index (χ0v) is 14.1. The van der Waals surface area contributed by atoms with Crippen LogP contribution >= 0.6 is 0 Å². The van der Waals surface area contributed by atoms with Crippen LogP contribution in [0.1, 0.15) is 38.3 Å². The van der Waals surface area contributed by atoms with Crippen LogP contribution in [0.4, 0.5) is 0 Å². The monoisotopic (exact) mass is 290 g/mol. The van der Waals surface area contributed by atoms with Gasteiger partial charge in [0.05, 0.1) is 7.11 Å². The van der Waals surface area contributed by atoms with Gasteiger partial charge in [0.1, 0.15) is 5.75 Å². The Balaban J connectivity index is 2.18. The van der Waals surface area contributed by atoms with Gasteiger partial charge in [-0.25, -0.2) is 0 Å². The van der Waals surface area contributed by atoms with Crippen molar-refractivity contribution < 1.29 is 4.74 Å². The smallest absolute Gasteiger partial charge is 0.123 e.